The maximum Gasteiger partial charge on any atom is 0.311 e. The molecule has 0 atom stereocenters. The van der Waals surface area contributed by atoms with Crippen LogP contribution < -0.4 is 15.1 Å². The SMILES string of the molecule is O=[N+]([O-])c1cccc(C=Nc2cccc(Nc3nc(N4CCOCC4)nc(N(c4ccccc4)c4ccccc4)n3)c2)c1O. The van der Waals surface area contributed by atoms with Crippen molar-refractivity contribution in [2.45, 2.75) is 0 Å². The van der Waals surface area contributed by atoms with Crippen molar-refractivity contribution < 1.29 is 14.8 Å². The molecule has 0 amide bonds. The summed E-state index contributed by atoms with van der Waals surface area (Å²) in [6, 6.07) is 31.3. The summed E-state index contributed by atoms with van der Waals surface area (Å²) in [5.41, 5.74) is 2.86. The topological polar surface area (TPSA) is 142 Å². The predicted molar refractivity (Wildman–Crippen MR) is 169 cm³/mol. The molecule has 1 saturated heterocycles. The Bertz CT molecular complexity index is 1740. The second kappa shape index (κ2) is 13.0. The Morgan fingerprint density at radius 3 is 2.25 bits per heavy atom. The summed E-state index contributed by atoms with van der Waals surface area (Å²) < 4.78 is 5.56. The lowest BCUT2D eigenvalue weighted by Crippen LogP contribution is -2.37. The molecule has 0 unspecified atom stereocenters. The van der Waals surface area contributed by atoms with Crippen molar-refractivity contribution in [2.75, 3.05) is 41.4 Å². The number of hydrogen-bond donors (Lipinski definition) is 2. The van der Waals surface area contributed by atoms with Crippen LogP contribution in [0.5, 0.6) is 5.75 Å². The molecule has 12 nitrogen and oxygen atoms in total. The molecule has 1 aliphatic rings. The molecular formula is C32H28N8O4. The molecule has 2 heterocycles. The Morgan fingerprint density at radius 2 is 1.57 bits per heavy atom. The Morgan fingerprint density at radius 1 is 0.886 bits per heavy atom. The van der Waals surface area contributed by atoms with Crippen molar-refractivity contribution in [1.29, 1.82) is 0 Å². The number of aromatic hydroxyl groups is 1. The van der Waals surface area contributed by atoms with Crippen LogP contribution in [0.15, 0.2) is 108 Å². The number of nitro groups is 1. The fourth-order valence-corrected chi connectivity index (χ4v) is 4.69. The number of rotatable bonds is 9. The van der Waals surface area contributed by atoms with Crippen LogP contribution in [0.3, 0.4) is 0 Å². The van der Waals surface area contributed by atoms with E-state index in [0.717, 1.165) is 11.4 Å². The molecule has 1 aromatic heterocycles. The number of nitro benzene ring substituents is 1. The van der Waals surface area contributed by atoms with Gasteiger partial charge in [-0.2, -0.15) is 15.0 Å². The Kier molecular flexibility index (Phi) is 8.32. The van der Waals surface area contributed by atoms with E-state index in [4.69, 9.17) is 19.7 Å². The summed E-state index contributed by atoms with van der Waals surface area (Å²) in [5.74, 6) is 0.862. The summed E-state index contributed by atoms with van der Waals surface area (Å²) >= 11 is 0. The lowest BCUT2D eigenvalue weighted by molar-refractivity contribution is -0.385. The molecule has 5 aromatic rings. The molecule has 6 rings (SSSR count). The quantitative estimate of drug-likeness (QED) is 0.115. The van der Waals surface area contributed by atoms with Gasteiger partial charge in [0.1, 0.15) is 0 Å². The number of nitrogens with one attached hydrogen (secondary N) is 1. The summed E-state index contributed by atoms with van der Waals surface area (Å²) in [5, 5.41) is 24.8. The minimum absolute atomic E-state index is 0.233. The van der Waals surface area contributed by atoms with E-state index in [0.29, 0.717) is 55.5 Å². The van der Waals surface area contributed by atoms with E-state index in [-0.39, 0.29) is 11.3 Å². The highest BCUT2D eigenvalue weighted by molar-refractivity contribution is 5.87. The predicted octanol–water partition coefficient (Wildman–Crippen LogP) is 6.29. The van der Waals surface area contributed by atoms with Crippen molar-refractivity contribution >= 4 is 52.5 Å². The van der Waals surface area contributed by atoms with Gasteiger partial charge in [0.2, 0.25) is 23.6 Å². The molecule has 1 fully saturated rings. The van der Waals surface area contributed by atoms with Gasteiger partial charge in [-0.25, -0.2) is 0 Å². The Hall–Kier alpha value is -5.88. The van der Waals surface area contributed by atoms with Gasteiger partial charge in [-0.3, -0.25) is 20.0 Å². The number of benzene rings is 4. The van der Waals surface area contributed by atoms with Crippen LogP contribution in [0.25, 0.3) is 0 Å². The van der Waals surface area contributed by atoms with Crippen molar-refractivity contribution in [2.24, 2.45) is 4.99 Å². The van der Waals surface area contributed by atoms with E-state index in [1.165, 1.54) is 18.3 Å². The van der Waals surface area contributed by atoms with Crippen molar-refractivity contribution in [3.8, 4) is 5.75 Å². The number of phenolic OH excluding ortho intramolecular Hbond substituents is 1. The van der Waals surface area contributed by atoms with Gasteiger partial charge in [-0.15, -0.1) is 0 Å². The zero-order valence-corrected chi connectivity index (χ0v) is 23.5. The number of aliphatic imine (C=N–C) groups is 1. The lowest BCUT2D eigenvalue weighted by Gasteiger charge is -2.29. The molecule has 1 aliphatic heterocycles. The third kappa shape index (κ3) is 6.45. The second-order valence-corrected chi connectivity index (χ2v) is 9.77. The average molecular weight is 589 g/mol. The monoisotopic (exact) mass is 588 g/mol. The summed E-state index contributed by atoms with van der Waals surface area (Å²) in [6.07, 6.45) is 1.39. The van der Waals surface area contributed by atoms with E-state index in [1.54, 1.807) is 18.2 Å². The van der Waals surface area contributed by atoms with Gasteiger partial charge in [0.15, 0.2) is 0 Å². The van der Waals surface area contributed by atoms with Gasteiger partial charge in [0.05, 0.1) is 23.8 Å². The van der Waals surface area contributed by atoms with E-state index in [1.807, 2.05) is 77.7 Å². The molecule has 44 heavy (non-hydrogen) atoms. The minimum Gasteiger partial charge on any atom is -0.502 e. The Balaban J connectivity index is 1.35. The molecule has 12 heteroatoms. The van der Waals surface area contributed by atoms with E-state index in [2.05, 4.69) is 15.2 Å². The normalized spacial score (nSPS) is 13.1. The standard InChI is InChI=1S/C32H28N8O4/c41-29-23(9-7-16-28(29)40(42)43)22-33-24-10-8-11-25(21-24)34-30-35-31(38-17-19-44-20-18-38)37-32(36-30)39(26-12-3-1-4-13-26)27-14-5-2-6-15-27/h1-16,21-22,41H,17-20H2,(H,34,35,36,37). The molecule has 0 spiro atoms. The number of hydrogen-bond acceptors (Lipinski definition) is 11. The zero-order valence-electron chi connectivity index (χ0n) is 23.5. The number of aromatic nitrogens is 3. The van der Waals surface area contributed by atoms with Crippen molar-refractivity contribution in [3.63, 3.8) is 0 Å². The zero-order chi connectivity index (χ0) is 30.3. The number of phenols is 1. The number of morpholine rings is 1. The number of anilines is 6. The molecule has 0 radical (unpaired) electrons. The van der Waals surface area contributed by atoms with Gasteiger partial charge in [-0.1, -0.05) is 48.5 Å². The van der Waals surface area contributed by atoms with Gasteiger partial charge in [0, 0.05) is 48.0 Å². The largest absolute Gasteiger partial charge is 0.502 e. The van der Waals surface area contributed by atoms with Gasteiger partial charge < -0.3 is 20.1 Å². The Labute approximate surface area is 253 Å². The van der Waals surface area contributed by atoms with E-state index >= 15 is 0 Å². The first-order valence-corrected chi connectivity index (χ1v) is 13.9. The first-order chi connectivity index (χ1) is 21.5. The molecule has 0 aliphatic carbocycles. The van der Waals surface area contributed by atoms with Crippen molar-refractivity contribution in [1.82, 2.24) is 15.0 Å². The third-order valence-electron chi connectivity index (χ3n) is 6.83. The number of nitrogens with zero attached hydrogens (tertiary/aromatic N) is 7. The molecule has 0 bridgehead atoms. The van der Waals surface area contributed by atoms with Crippen LogP contribution in [-0.2, 0) is 4.74 Å². The van der Waals surface area contributed by atoms with Crippen LogP contribution in [0, 0.1) is 10.1 Å². The fraction of sp³-hybridized carbons (Fsp3) is 0.125. The molecule has 2 N–H and O–H groups in total. The maximum atomic E-state index is 11.2. The van der Waals surface area contributed by atoms with Crippen LogP contribution in [0.4, 0.5) is 46.3 Å². The van der Waals surface area contributed by atoms with Crippen molar-refractivity contribution in [3.05, 3.63) is 119 Å². The summed E-state index contributed by atoms with van der Waals surface area (Å²) in [6.45, 7) is 2.44. The number of ether oxygens (including phenoxy) is 1. The highest BCUT2D eigenvalue weighted by Crippen LogP contribution is 2.34. The maximum absolute atomic E-state index is 11.2. The van der Waals surface area contributed by atoms with Gasteiger partial charge in [-0.05, 0) is 48.5 Å². The fourth-order valence-electron chi connectivity index (χ4n) is 4.69. The van der Waals surface area contributed by atoms with Crippen LogP contribution in [0.1, 0.15) is 5.56 Å². The van der Waals surface area contributed by atoms with Gasteiger partial charge >= 0.3 is 5.69 Å². The summed E-state index contributed by atoms with van der Waals surface area (Å²) in [4.78, 5) is 33.5. The highest BCUT2D eigenvalue weighted by atomic mass is 16.6. The third-order valence-corrected chi connectivity index (χ3v) is 6.83. The molecule has 220 valence electrons. The van der Waals surface area contributed by atoms with E-state index in [9.17, 15) is 15.2 Å². The van der Waals surface area contributed by atoms with E-state index < -0.39 is 10.7 Å². The highest BCUT2D eigenvalue weighted by Gasteiger charge is 2.22. The minimum atomic E-state index is -0.637. The molecular weight excluding hydrogens is 560 g/mol. The summed E-state index contributed by atoms with van der Waals surface area (Å²) in [7, 11) is 0. The number of para-hydroxylation sites is 3. The van der Waals surface area contributed by atoms with Crippen LogP contribution >= 0.6 is 0 Å². The van der Waals surface area contributed by atoms with Gasteiger partial charge in [0.25, 0.3) is 0 Å². The molecule has 0 saturated carbocycles. The average Bonchev–Trinajstić information content (AvgIpc) is 3.06. The first-order valence-electron chi connectivity index (χ1n) is 13.9. The van der Waals surface area contributed by atoms with Crippen LogP contribution in [0.2, 0.25) is 0 Å². The van der Waals surface area contributed by atoms with Crippen LogP contribution in [-0.4, -0.2) is 57.5 Å². The smallest absolute Gasteiger partial charge is 0.311 e. The lowest BCUT2D eigenvalue weighted by atomic mass is 10.2. The molecule has 4 aromatic carbocycles. The second-order valence-electron chi connectivity index (χ2n) is 9.77. The first kappa shape index (κ1) is 28.2.